The number of hydrogen-bond acceptors (Lipinski definition) is 1. The Bertz CT molecular complexity index is 3400. The van der Waals surface area contributed by atoms with Gasteiger partial charge in [-0.2, -0.15) is 5.26 Å². The van der Waals surface area contributed by atoms with E-state index in [-0.39, 0.29) is 0 Å². The molecular formula is C50H29N5. The van der Waals surface area contributed by atoms with Crippen LogP contribution in [0.2, 0.25) is 0 Å². The maximum Gasteiger partial charge on any atom is 0.188 e. The second kappa shape index (κ2) is 11.8. The molecule has 0 aliphatic rings. The molecule has 0 fully saturated rings. The van der Waals surface area contributed by atoms with Crippen LogP contribution in [0.1, 0.15) is 5.56 Å². The predicted octanol–water partition coefficient (Wildman–Crippen LogP) is 13.1. The molecule has 3 aromatic heterocycles. The van der Waals surface area contributed by atoms with Crippen LogP contribution in [-0.4, -0.2) is 13.7 Å². The second-order valence-corrected chi connectivity index (χ2v) is 14.0. The van der Waals surface area contributed by atoms with Gasteiger partial charge in [-0.3, -0.25) is 0 Å². The van der Waals surface area contributed by atoms with Crippen LogP contribution in [0.25, 0.3) is 98.5 Å². The highest BCUT2D eigenvalue weighted by Gasteiger charge is 2.21. The summed E-state index contributed by atoms with van der Waals surface area (Å²) in [5, 5.41) is 17.3. The van der Waals surface area contributed by atoms with E-state index < -0.39 is 0 Å². The van der Waals surface area contributed by atoms with E-state index in [1.807, 2.05) is 36.4 Å². The molecular weight excluding hydrogens is 671 g/mol. The Morgan fingerprint density at radius 2 is 0.964 bits per heavy atom. The quantitative estimate of drug-likeness (QED) is 0.169. The number of para-hydroxylation sites is 5. The fourth-order valence-electron chi connectivity index (χ4n) is 8.71. The first-order valence-electron chi connectivity index (χ1n) is 18.3. The summed E-state index contributed by atoms with van der Waals surface area (Å²) < 4.78 is 6.97. The summed E-state index contributed by atoms with van der Waals surface area (Å²) in [6.07, 6.45) is 0. The van der Waals surface area contributed by atoms with Crippen molar-refractivity contribution in [2.75, 3.05) is 0 Å². The molecule has 11 rings (SSSR count). The molecule has 5 nitrogen and oxygen atoms in total. The highest BCUT2D eigenvalue weighted by atomic mass is 15.1. The summed E-state index contributed by atoms with van der Waals surface area (Å²) in [6.45, 7) is 7.57. The van der Waals surface area contributed by atoms with E-state index >= 15 is 0 Å². The summed E-state index contributed by atoms with van der Waals surface area (Å²) in [7, 11) is 0. The first-order chi connectivity index (χ1) is 27.2. The third kappa shape index (κ3) is 4.51. The van der Waals surface area contributed by atoms with Crippen molar-refractivity contribution >= 4 is 71.1 Å². The summed E-state index contributed by atoms with van der Waals surface area (Å²) in [5.74, 6) is 0. The van der Waals surface area contributed by atoms with Crippen LogP contribution in [0.15, 0.2) is 176 Å². The van der Waals surface area contributed by atoms with Crippen molar-refractivity contribution in [1.82, 2.24) is 13.7 Å². The van der Waals surface area contributed by atoms with Gasteiger partial charge in [-0.05, 0) is 89.3 Å². The van der Waals surface area contributed by atoms with Crippen LogP contribution in [0.5, 0.6) is 0 Å². The van der Waals surface area contributed by atoms with Gasteiger partial charge in [-0.15, -0.1) is 0 Å². The van der Waals surface area contributed by atoms with E-state index in [0.717, 1.165) is 82.8 Å². The Balaban J connectivity index is 1.12. The van der Waals surface area contributed by atoms with Gasteiger partial charge in [-0.25, -0.2) is 4.85 Å². The molecule has 0 radical (unpaired) electrons. The third-order valence-electron chi connectivity index (χ3n) is 11.0. The maximum absolute atomic E-state index is 10.4. The van der Waals surface area contributed by atoms with E-state index in [1.165, 1.54) is 10.8 Å². The molecule has 0 saturated carbocycles. The minimum absolute atomic E-state index is 0.592. The standard InChI is InChI=1S/C50H29N5/c1-52-35-23-26-48-43(30-35)41-14-5-6-16-44(41)53(48)36-24-21-33(22-25-36)34-27-32(31-51)28-37(29-34)54-45-17-7-4-13-40(45)42-15-10-20-49(50(42)54)55-46-18-8-2-11-38(46)39-12-3-9-19-47(39)55/h2-30H. The van der Waals surface area contributed by atoms with Gasteiger partial charge in [0, 0.05) is 38.3 Å². The number of rotatable bonds is 4. The van der Waals surface area contributed by atoms with Crippen molar-refractivity contribution in [2.24, 2.45) is 0 Å². The van der Waals surface area contributed by atoms with Gasteiger partial charge in [0.1, 0.15) is 0 Å². The zero-order valence-corrected chi connectivity index (χ0v) is 29.5. The molecule has 8 aromatic carbocycles. The average molecular weight is 700 g/mol. The van der Waals surface area contributed by atoms with Crippen LogP contribution < -0.4 is 0 Å². The molecule has 0 N–H and O–H groups in total. The number of hydrogen-bond donors (Lipinski definition) is 0. The summed E-state index contributed by atoms with van der Waals surface area (Å²) in [4.78, 5) is 3.68. The first-order valence-corrected chi connectivity index (χ1v) is 18.3. The molecule has 5 heteroatoms. The molecule has 11 aromatic rings. The van der Waals surface area contributed by atoms with Crippen molar-refractivity contribution in [3.05, 3.63) is 193 Å². The smallest absolute Gasteiger partial charge is 0.188 e. The SMILES string of the molecule is [C-]#[N+]c1ccc2c(c1)c1ccccc1n2-c1ccc(-c2cc(C#N)cc(-n3c4ccccc4c4cccc(-n5c6ccccc6c6ccccc65)c43)c2)cc1. The summed E-state index contributed by atoms with van der Waals surface area (Å²) >= 11 is 0. The Morgan fingerprint density at radius 3 is 1.60 bits per heavy atom. The van der Waals surface area contributed by atoms with Gasteiger partial charge < -0.3 is 13.7 Å². The van der Waals surface area contributed by atoms with E-state index in [2.05, 4.69) is 164 Å². The van der Waals surface area contributed by atoms with E-state index in [1.54, 1.807) is 0 Å². The molecule has 0 atom stereocenters. The van der Waals surface area contributed by atoms with Crippen LogP contribution in [0, 0.1) is 17.9 Å². The fraction of sp³-hybridized carbons (Fsp3) is 0. The zero-order chi connectivity index (χ0) is 36.6. The highest BCUT2D eigenvalue weighted by molar-refractivity contribution is 6.15. The highest BCUT2D eigenvalue weighted by Crippen LogP contribution is 2.41. The van der Waals surface area contributed by atoms with Gasteiger partial charge in [-0.1, -0.05) is 103 Å². The largest absolute Gasteiger partial charge is 0.309 e. The summed E-state index contributed by atoms with van der Waals surface area (Å²) in [5.41, 5.74) is 12.8. The normalized spacial score (nSPS) is 11.6. The lowest BCUT2D eigenvalue weighted by atomic mass is 10.0. The molecule has 0 saturated heterocycles. The second-order valence-electron chi connectivity index (χ2n) is 14.0. The van der Waals surface area contributed by atoms with Gasteiger partial charge in [0.15, 0.2) is 5.69 Å². The molecule has 55 heavy (non-hydrogen) atoms. The molecule has 0 bridgehead atoms. The molecule has 0 aliphatic carbocycles. The van der Waals surface area contributed by atoms with Gasteiger partial charge >= 0.3 is 0 Å². The van der Waals surface area contributed by atoms with Crippen LogP contribution in [-0.2, 0) is 0 Å². The predicted molar refractivity (Wildman–Crippen MR) is 226 cm³/mol. The average Bonchev–Trinajstić information content (AvgIpc) is 3.89. The van der Waals surface area contributed by atoms with Crippen molar-refractivity contribution in [3.8, 4) is 34.3 Å². The Kier molecular flexibility index (Phi) is 6.61. The molecule has 3 heterocycles. The number of benzene rings is 8. The Labute approximate surface area is 316 Å². The topological polar surface area (TPSA) is 42.9 Å². The zero-order valence-electron chi connectivity index (χ0n) is 29.5. The maximum atomic E-state index is 10.4. The molecule has 0 amide bonds. The number of aromatic nitrogens is 3. The lowest BCUT2D eigenvalue weighted by molar-refractivity contribution is 1.13. The lowest BCUT2D eigenvalue weighted by Gasteiger charge is -2.16. The number of fused-ring (bicyclic) bond motifs is 9. The van der Waals surface area contributed by atoms with Crippen molar-refractivity contribution in [1.29, 1.82) is 5.26 Å². The van der Waals surface area contributed by atoms with Crippen LogP contribution >= 0.6 is 0 Å². The van der Waals surface area contributed by atoms with Gasteiger partial charge in [0.2, 0.25) is 0 Å². The van der Waals surface area contributed by atoms with Crippen molar-refractivity contribution < 1.29 is 0 Å². The third-order valence-corrected chi connectivity index (χ3v) is 11.0. The van der Waals surface area contributed by atoms with E-state index in [4.69, 9.17) is 6.57 Å². The summed E-state index contributed by atoms with van der Waals surface area (Å²) in [6, 6.07) is 63.8. The molecule has 0 spiro atoms. The van der Waals surface area contributed by atoms with Crippen LogP contribution in [0.4, 0.5) is 5.69 Å². The Hall–Kier alpha value is -7.86. The number of nitriles is 1. The first kappa shape index (κ1) is 30.7. The minimum Gasteiger partial charge on any atom is -0.309 e. The van der Waals surface area contributed by atoms with Crippen molar-refractivity contribution in [2.45, 2.75) is 0 Å². The number of nitrogens with zero attached hydrogens (tertiary/aromatic N) is 5. The molecule has 0 unspecified atom stereocenters. The van der Waals surface area contributed by atoms with Gasteiger partial charge in [0.05, 0.1) is 57.0 Å². The van der Waals surface area contributed by atoms with E-state index in [9.17, 15) is 5.26 Å². The van der Waals surface area contributed by atoms with E-state index in [0.29, 0.717) is 11.3 Å². The molecule has 254 valence electrons. The molecule has 0 aliphatic heterocycles. The van der Waals surface area contributed by atoms with Crippen LogP contribution in [0.3, 0.4) is 0 Å². The van der Waals surface area contributed by atoms with Crippen molar-refractivity contribution in [3.63, 3.8) is 0 Å². The lowest BCUT2D eigenvalue weighted by Crippen LogP contribution is -2.01. The monoisotopic (exact) mass is 699 g/mol. The van der Waals surface area contributed by atoms with Gasteiger partial charge in [0.25, 0.3) is 0 Å². The Morgan fingerprint density at radius 1 is 0.418 bits per heavy atom. The minimum atomic E-state index is 0.592. The fourth-order valence-corrected chi connectivity index (χ4v) is 8.71.